The second-order valence-corrected chi connectivity index (χ2v) is 6.26. The third kappa shape index (κ3) is 3.77. The minimum Gasteiger partial charge on any atom is -0.497 e. The van der Waals surface area contributed by atoms with Gasteiger partial charge in [-0.2, -0.15) is 0 Å². The van der Waals surface area contributed by atoms with Gasteiger partial charge in [-0.25, -0.2) is 0 Å². The van der Waals surface area contributed by atoms with Crippen molar-refractivity contribution in [3.05, 3.63) is 59.7 Å². The summed E-state index contributed by atoms with van der Waals surface area (Å²) in [4.78, 5) is 14.7. The number of hydrogen-bond donors (Lipinski definition) is 1. The summed E-state index contributed by atoms with van der Waals surface area (Å²) in [6.07, 6.45) is 2.25. The van der Waals surface area contributed by atoms with Crippen molar-refractivity contribution >= 4 is 11.6 Å². The van der Waals surface area contributed by atoms with E-state index in [9.17, 15) is 4.79 Å². The Balaban J connectivity index is 1.63. The molecule has 24 heavy (non-hydrogen) atoms. The van der Waals surface area contributed by atoms with Gasteiger partial charge in [-0.15, -0.1) is 0 Å². The van der Waals surface area contributed by atoms with Gasteiger partial charge in [0.1, 0.15) is 5.75 Å². The van der Waals surface area contributed by atoms with Gasteiger partial charge in [-0.1, -0.05) is 24.3 Å². The Morgan fingerprint density at radius 2 is 1.96 bits per heavy atom. The fourth-order valence-electron chi connectivity index (χ4n) is 3.39. The number of methoxy groups -OCH3 is 1. The van der Waals surface area contributed by atoms with Crippen LogP contribution in [0.3, 0.4) is 0 Å². The summed E-state index contributed by atoms with van der Waals surface area (Å²) >= 11 is 0. The van der Waals surface area contributed by atoms with Crippen LogP contribution < -0.4 is 10.1 Å². The molecular weight excluding hydrogens is 300 g/mol. The maximum absolute atomic E-state index is 12.4. The molecular formula is C20H24N2O2. The molecule has 1 fully saturated rings. The molecule has 1 aliphatic heterocycles. The molecule has 0 aliphatic carbocycles. The van der Waals surface area contributed by atoms with Crippen LogP contribution in [0.25, 0.3) is 0 Å². The first-order chi connectivity index (χ1) is 11.7. The van der Waals surface area contributed by atoms with Gasteiger partial charge in [-0.3, -0.25) is 9.69 Å². The molecule has 1 N–H and O–H groups in total. The monoisotopic (exact) mass is 324 g/mol. The maximum atomic E-state index is 12.4. The van der Waals surface area contributed by atoms with Crippen LogP contribution >= 0.6 is 0 Å². The lowest BCUT2D eigenvalue weighted by Crippen LogP contribution is -2.33. The number of nitrogens with one attached hydrogen (secondary N) is 1. The highest BCUT2D eigenvalue weighted by Gasteiger charge is 2.28. The summed E-state index contributed by atoms with van der Waals surface area (Å²) in [5, 5.41) is 2.97. The molecule has 1 saturated heterocycles. The Morgan fingerprint density at radius 3 is 2.67 bits per heavy atom. The number of nitrogens with zero attached hydrogens (tertiary/aromatic N) is 1. The molecule has 1 unspecified atom stereocenters. The molecule has 0 radical (unpaired) electrons. The molecule has 0 aromatic heterocycles. The van der Waals surface area contributed by atoms with E-state index in [1.54, 1.807) is 7.11 Å². The van der Waals surface area contributed by atoms with Crippen molar-refractivity contribution in [2.24, 2.45) is 0 Å². The van der Waals surface area contributed by atoms with Gasteiger partial charge in [0.05, 0.1) is 13.7 Å². The van der Waals surface area contributed by atoms with E-state index in [-0.39, 0.29) is 5.91 Å². The molecule has 1 aliphatic rings. The lowest BCUT2D eigenvalue weighted by atomic mass is 9.99. The molecule has 0 spiro atoms. The molecule has 2 aromatic carbocycles. The van der Waals surface area contributed by atoms with Gasteiger partial charge in [0.2, 0.25) is 5.91 Å². The smallest absolute Gasteiger partial charge is 0.238 e. The van der Waals surface area contributed by atoms with Gasteiger partial charge >= 0.3 is 0 Å². The van der Waals surface area contributed by atoms with Gasteiger partial charge < -0.3 is 10.1 Å². The topological polar surface area (TPSA) is 41.6 Å². The lowest BCUT2D eigenvalue weighted by Gasteiger charge is -2.25. The number of anilines is 1. The second-order valence-electron chi connectivity index (χ2n) is 6.26. The minimum absolute atomic E-state index is 0.0284. The number of benzene rings is 2. The van der Waals surface area contributed by atoms with E-state index in [1.165, 1.54) is 11.1 Å². The SMILES string of the molecule is COc1ccc(NC(=O)CN2CCCC2c2ccccc2C)cc1. The maximum Gasteiger partial charge on any atom is 0.238 e. The Bertz CT molecular complexity index is 697. The van der Waals surface area contributed by atoms with Crippen molar-refractivity contribution in [1.29, 1.82) is 0 Å². The third-order valence-electron chi connectivity index (χ3n) is 4.63. The highest BCUT2D eigenvalue weighted by atomic mass is 16.5. The lowest BCUT2D eigenvalue weighted by molar-refractivity contribution is -0.117. The van der Waals surface area contributed by atoms with Crippen molar-refractivity contribution < 1.29 is 9.53 Å². The van der Waals surface area contributed by atoms with E-state index in [0.717, 1.165) is 30.8 Å². The summed E-state index contributed by atoms with van der Waals surface area (Å²) < 4.78 is 5.14. The highest BCUT2D eigenvalue weighted by Crippen LogP contribution is 2.33. The molecule has 4 heteroatoms. The third-order valence-corrected chi connectivity index (χ3v) is 4.63. The van der Waals surface area contributed by atoms with Crippen molar-refractivity contribution in [1.82, 2.24) is 4.90 Å². The predicted octanol–water partition coefficient (Wildman–Crippen LogP) is 3.78. The summed E-state index contributed by atoms with van der Waals surface area (Å²) in [5.41, 5.74) is 3.43. The van der Waals surface area contributed by atoms with E-state index in [1.807, 2.05) is 24.3 Å². The number of hydrogen-bond acceptors (Lipinski definition) is 3. The van der Waals surface area contributed by atoms with Crippen molar-refractivity contribution in [3.8, 4) is 5.75 Å². The zero-order valence-electron chi connectivity index (χ0n) is 14.3. The number of likely N-dealkylation sites (tertiary alicyclic amines) is 1. The van der Waals surface area contributed by atoms with Crippen LogP contribution in [-0.4, -0.2) is 31.0 Å². The Labute approximate surface area is 143 Å². The molecule has 126 valence electrons. The van der Waals surface area contributed by atoms with Crippen LogP contribution in [0.5, 0.6) is 5.75 Å². The van der Waals surface area contributed by atoms with Crippen molar-refractivity contribution in [3.63, 3.8) is 0 Å². The van der Waals surface area contributed by atoms with Crippen LogP contribution in [0.4, 0.5) is 5.69 Å². The molecule has 1 atom stereocenters. The highest BCUT2D eigenvalue weighted by molar-refractivity contribution is 5.92. The van der Waals surface area contributed by atoms with Gasteiger partial charge in [0.25, 0.3) is 0 Å². The molecule has 1 heterocycles. The second kappa shape index (κ2) is 7.49. The first kappa shape index (κ1) is 16.5. The molecule has 3 rings (SSSR count). The zero-order valence-corrected chi connectivity index (χ0v) is 14.3. The number of carbonyl (C=O) groups is 1. The van der Waals surface area contributed by atoms with E-state index in [4.69, 9.17) is 4.74 Å². The van der Waals surface area contributed by atoms with Gasteiger partial charge in [0, 0.05) is 11.7 Å². The Kier molecular flexibility index (Phi) is 5.16. The van der Waals surface area contributed by atoms with Gasteiger partial charge in [-0.05, 0) is 61.7 Å². The van der Waals surface area contributed by atoms with Gasteiger partial charge in [0.15, 0.2) is 0 Å². The zero-order chi connectivity index (χ0) is 16.9. The van der Waals surface area contributed by atoms with E-state index in [0.29, 0.717) is 12.6 Å². The Hall–Kier alpha value is -2.33. The van der Waals surface area contributed by atoms with Crippen LogP contribution in [-0.2, 0) is 4.79 Å². The fraction of sp³-hybridized carbons (Fsp3) is 0.350. The number of aryl methyl sites for hydroxylation is 1. The van der Waals surface area contributed by atoms with E-state index >= 15 is 0 Å². The van der Waals surface area contributed by atoms with Crippen LogP contribution in [0.2, 0.25) is 0 Å². The van der Waals surface area contributed by atoms with Crippen LogP contribution in [0.1, 0.15) is 30.0 Å². The molecule has 1 amide bonds. The first-order valence-corrected chi connectivity index (χ1v) is 8.41. The summed E-state index contributed by atoms with van der Waals surface area (Å²) in [5.74, 6) is 0.813. The van der Waals surface area contributed by atoms with Crippen LogP contribution in [0, 0.1) is 6.92 Å². The molecule has 0 saturated carbocycles. The largest absolute Gasteiger partial charge is 0.497 e. The average Bonchev–Trinajstić information content (AvgIpc) is 3.03. The van der Waals surface area contributed by atoms with Crippen molar-refractivity contribution in [2.45, 2.75) is 25.8 Å². The molecule has 0 bridgehead atoms. The number of ether oxygens (including phenoxy) is 1. The molecule has 2 aromatic rings. The number of rotatable bonds is 5. The first-order valence-electron chi connectivity index (χ1n) is 8.41. The minimum atomic E-state index is 0.0284. The fourth-order valence-corrected chi connectivity index (χ4v) is 3.39. The van der Waals surface area contributed by atoms with Crippen LogP contribution in [0.15, 0.2) is 48.5 Å². The van der Waals surface area contributed by atoms with E-state index < -0.39 is 0 Å². The molecule has 4 nitrogen and oxygen atoms in total. The average molecular weight is 324 g/mol. The summed E-state index contributed by atoms with van der Waals surface area (Å²) in [6, 6.07) is 16.2. The summed E-state index contributed by atoms with van der Waals surface area (Å²) in [6.45, 7) is 3.53. The summed E-state index contributed by atoms with van der Waals surface area (Å²) in [7, 11) is 1.63. The Morgan fingerprint density at radius 1 is 1.21 bits per heavy atom. The number of carbonyl (C=O) groups excluding carboxylic acids is 1. The predicted molar refractivity (Wildman–Crippen MR) is 96.4 cm³/mol. The number of amides is 1. The normalized spacial score (nSPS) is 17.7. The standard InChI is InChI=1S/C20H24N2O2/c1-15-6-3-4-7-18(15)19-8-5-13-22(19)14-20(23)21-16-9-11-17(24-2)12-10-16/h3-4,6-7,9-12,19H,5,8,13-14H2,1-2H3,(H,21,23). The van der Waals surface area contributed by atoms with Crippen molar-refractivity contribution in [2.75, 3.05) is 25.5 Å². The van der Waals surface area contributed by atoms with E-state index in [2.05, 4.69) is 41.4 Å². The quantitative estimate of drug-likeness (QED) is 0.910.